The van der Waals surface area contributed by atoms with Crippen molar-refractivity contribution in [2.75, 3.05) is 11.1 Å². The molecule has 2 heterocycles. The third-order valence-electron chi connectivity index (χ3n) is 4.16. The van der Waals surface area contributed by atoms with Gasteiger partial charge < -0.3 is 9.88 Å². The molecule has 6 nitrogen and oxygen atoms in total. The first-order chi connectivity index (χ1) is 14.5. The number of hydrogen-bond acceptors (Lipinski definition) is 6. The number of thiazole rings is 1. The van der Waals surface area contributed by atoms with E-state index in [1.165, 1.54) is 23.1 Å². The third-order valence-corrected chi connectivity index (χ3v) is 6.49. The summed E-state index contributed by atoms with van der Waals surface area (Å²) in [5.74, 6) is 0.621. The highest BCUT2D eigenvalue weighted by Crippen LogP contribution is 2.31. The first kappa shape index (κ1) is 20.9. The number of aromatic nitrogens is 4. The highest BCUT2D eigenvalue weighted by Gasteiger charge is 2.16. The normalized spacial score (nSPS) is 10.9. The van der Waals surface area contributed by atoms with Crippen molar-refractivity contribution in [1.82, 2.24) is 19.7 Å². The molecule has 1 N–H and O–H groups in total. The Balaban J connectivity index is 1.39. The fourth-order valence-corrected chi connectivity index (χ4v) is 4.64. The lowest BCUT2D eigenvalue weighted by Crippen LogP contribution is -2.14. The van der Waals surface area contributed by atoms with E-state index >= 15 is 0 Å². The smallest absolute Gasteiger partial charge is 0.236 e. The first-order valence-corrected chi connectivity index (χ1v) is 11.4. The van der Waals surface area contributed by atoms with E-state index in [4.69, 9.17) is 23.2 Å². The minimum absolute atomic E-state index is 0.164. The molecular formula is C20H15Cl2N5OS2. The van der Waals surface area contributed by atoms with Crippen LogP contribution in [0.3, 0.4) is 0 Å². The predicted octanol–water partition coefficient (Wildman–Crippen LogP) is 5.64. The molecule has 0 aliphatic carbocycles. The Labute approximate surface area is 191 Å². The summed E-state index contributed by atoms with van der Waals surface area (Å²) in [6.45, 7) is 0. The summed E-state index contributed by atoms with van der Waals surface area (Å²) in [6, 6.07) is 15.0. The van der Waals surface area contributed by atoms with Crippen LogP contribution in [0.2, 0.25) is 10.0 Å². The van der Waals surface area contributed by atoms with Gasteiger partial charge in [0.25, 0.3) is 0 Å². The molecule has 1 amide bonds. The number of benzene rings is 2. The summed E-state index contributed by atoms with van der Waals surface area (Å²) in [7, 11) is 1.83. The molecule has 2 aromatic heterocycles. The number of halogens is 2. The van der Waals surface area contributed by atoms with Crippen molar-refractivity contribution >= 4 is 57.3 Å². The molecule has 0 fully saturated rings. The van der Waals surface area contributed by atoms with Gasteiger partial charge in [-0.1, -0.05) is 65.3 Å². The van der Waals surface area contributed by atoms with E-state index in [9.17, 15) is 4.79 Å². The maximum absolute atomic E-state index is 12.4. The second-order valence-corrected chi connectivity index (χ2v) is 8.87. The van der Waals surface area contributed by atoms with Crippen molar-refractivity contribution in [1.29, 1.82) is 0 Å². The fourth-order valence-electron chi connectivity index (χ4n) is 2.70. The summed E-state index contributed by atoms with van der Waals surface area (Å²) in [4.78, 5) is 16.8. The third kappa shape index (κ3) is 4.67. The Morgan fingerprint density at radius 1 is 1.17 bits per heavy atom. The number of anilines is 1. The SMILES string of the molecule is Cn1c(SCC(=O)Nc2nc(-c3ccccc3)cs2)nnc1-c1ccc(Cl)cc1Cl. The van der Waals surface area contributed by atoms with E-state index in [0.717, 1.165) is 16.8 Å². The monoisotopic (exact) mass is 475 g/mol. The van der Waals surface area contributed by atoms with Crippen molar-refractivity contribution in [3.8, 4) is 22.6 Å². The van der Waals surface area contributed by atoms with Crippen molar-refractivity contribution in [3.05, 3.63) is 64.0 Å². The van der Waals surface area contributed by atoms with Gasteiger partial charge in [-0.3, -0.25) is 4.79 Å². The van der Waals surface area contributed by atoms with Gasteiger partial charge in [-0.2, -0.15) is 0 Å². The van der Waals surface area contributed by atoms with Gasteiger partial charge in [-0.25, -0.2) is 4.98 Å². The Hall–Kier alpha value is -2.39. The maximum Gasteiger partial charge on any atom is 0.236 e. The van der Waals surface area contributed by atoms with E-state index in [1.54, 1.807) is 22.8 Å². The van der Waals surface area contributed by atoms with Crippen molar-refractivity contribution in [2.24, 2.45) is 7.05 Å². The van der Waals surface area contributed by atoms with Gasteiger partial charge in [-0.05, 0) is 18.2 Å². The molecule has 10 heteroatoms. The molecular weight excluding hydrogens is 461 g/mol. The summed E-state index contributed by atoms with van der Waals surface area (Å²) in [6.07, 6.45) is 0. The van der Waals surface area contributed by atoms with E-state index in [0.29, 0.717) is 26.2 Å². The maximum atomic E-state index is 12.4. The molecule has 2 aromatic carbocycles. The molecule has 0 atom stereocenters. The number of nitrogens with one attached hydrogen (secondary N) is 1. The van der Waals surface area contributed by atoms with Crippen LogP contribution >= 0.6 is 46.3 Å². The Kier molecular flexibility index (Phi) is 6.38. The summed E-state index contributed by atoms with van der Waals surface area (Å²) < 4.78 is 1.80. The van der Waals surface area contributed by atoms with E-state index in [1.807, 2.05) is 42.8 Å². The highest BCUT2D eigenvalue weighted by molar-refractivity contribution is 7.99. The molecule has 0 spiro atoms. The van der Waals surface area contributed by atoms with E-state index < -0.39 is 0 Å². The van der Waals surface area contributed by atoms with Crippen LogP contribution in [0.5, 0.6) is 0 Å². The largest absolute Gasteiger partial charge is 0.305 e. The lowest BCUT2D eigenvalue weighted by atomic mass is 10.2. The number of rotatable bonds is 6. The highest BCUT2D eigenvalue weighted by atomic mass is 35.5. The van der Waals surface area contributed by atoms with Gasteiger partial charge in [0, 0.05) is 28.6 Å². The number of amides is 1. The zero-order valence-corrected chi connectivity index (χ0v) is 18.8. The molecule has 0 radical (unpaired) electrons. The van der Waals surface area contributed by atoms with Crippen LogP contribution in [-0.2, 0) is 11.8 Å². The zero-order chi connectivity index (χ0) is 21.1. The number of carbonyl (C=O) groups is 1. The Morgan fingerprint density at radius 3 is 2.73 bits per heavy atom. The van der Waals surface area contributed by atoms with Crippen molar-refractivity contribution in [3.63, 3.8) is 0 Å². The Morgan fingerprint density at radius 2 is 1.97 bits per heavy atom. The topological polar surface area (TPSA) is 72.7 Å². The minimum Gasteiger partial charge on any atom is -0.305 e. The average Bonchev–Trinajstić information content (AvgIpc) is 3.34. The van der Waals surface area contributed by atoms with Gasteiger partial charge in [0.15, 0.2) is 16.1 Å². The van der Waals surface area contributed by atoms with Crippen LogP contribution in [0.15, 0.2) is 59.1 Å². The predicted molar refractivity (Wildman–Crippen MR) is 123 cm³/mol. The standard InChI is InChI=1S/C20H15Cl2N5OS2/c1-27-18(14-8-7-13(21)9-15(14)22)25-26-20(27)30-11-17(28)24-19-23-16(10-29-19)12-5-3-2-4-6-12/h2-10H,11H2,1H3,(H,23,24,28). The summed E-state index contributed by atoms with van der Waals surface area (Å²) in [5.41, 5.74) is 2.57. The molecule has 152 valence electrons. The van der Waals surface area contributed by atoms with Gasteiger partial charge in [0.1, 0.15) is 0 Å². The first-order valence-electron chi connectivity index (χ1n) is 8.79. The molecule has 0 saturated carbocycles. The lowest BCUT2D eigenvalue weighted by Gasteiger charge is -2.06. The van der Waals surface area contributed by atoms with Crippen LogP contribution in [0, 0.1) is 0 Å². The van der Waals surface area contributed by atoms with E-state index in [2.05, 4.69) is 20.5 Å². The van der Waals surface area contributed by atoms with Crippen LogP contribution in [0.4, 0.5) is 5.13 Å². The second-order valence-electron chi connectivity index (χ2n) is 6.23. The number of nitrogens with zero attached hydrogens (tertiary/aromatic N) is 4. The summed E-state index contributed by atoms with van der Waals surface area (Å²) in [5, 5.41) is 15.3. The molecule has 0 saturated heterocycles. The van der Waals surface area contributed by atoms with Crippen LogP contribution in [0.25, 0.3) is 22.6 Å². The molecule has 4 aromatic rings. The second kappa shape index (κ2) is 9.18. The van der Waals surface area contributed by atoms with Gasteiger partial charge in [0.2, 0.25) is 5.91 Å². The number of carbonyl (C=O) groups excluding carboxylic acids is 1. The molecule has 4 rings (SSSR count). The van der Waals surface area contributed by atoms with Crippen LogP contribution in [0.1, 0.15) is 0 Å². The zero-order valence-electron chi connectivity index (χ0n) is 15.7. The molecule has 0 aliphatic rings. The van der Waals surface area contributed by atoms with E-state index in [-0.39, 0.29) is 11.7 Å². The minimum atomic E-state index is -0.164. The summed E-state index contributed by atoms with van der Waals surface area (Å²) >= 11 is 14.9. The number of thioether (sulfide) groups is 1. The molecule has 0 unspecified atom stereocenters. The molecule has 0 aliphatic heterocycles. The molecule has 0 bridgehead atoms. The average molecular weight is 476 g/mol. The van der Waals surface area contributed by atoms with Gasteiger partial charge in [-0.15, -0.1) is 21.5 Å². The molecule has 30 heavy (non-hydrogen) atoms. The fraction of sp³-hybridized carbons (Fsp3) is 0.100. The van der Waals surface area contributed by atoms with Crippen molar-refractivity contribution in [2.45, 2.75) is 5.16 Å². The lowest BCUT2D eigenvalue weighted by molar-refractivity contribution is -0.113. The van der Waals surface area contributed by atoms with Crippen LogP contribution < -0.4 is 5.32 Å². The van der Waals surface area contributed by atoms with Gasteiger partial charge >= 0.3 is 0 Å². The van der Waals surface area contributed by atoms with Crippen LogP contribution in [-0.4, -0.2) is 31.4 Å². The quantitative estimate of drug-likeness (QED) is 0.365. The number of hydrogen-bond donors (Lipinski definition) is 1. The van der Waals surface area contributed by atoms with Gasteiger partial charge in [0.05, 0.1) is 16.5 Å². The van der Waals surface area contributed by atoms with Crippen molar-refractivity contribution < 1.29 is 4.79 Å². The Bertz CT molecular complexity index is 1190.